The van der Waals surface area contributed by atoms with Crippen molar-refractivity contribution in [1.82, 2.24) is 0 Å². The molecular formula is C16H26O. The molecule has 3 aliphatic carbocycles. The fraction of sp³-hybridized carbons (Fsp3) is 1.00. The lowest BCUT2D eigenvalue weighted by Crippen LogP contribution is -2.52. The summed E-state index contributed by atoms with van der Waals surface area (Å²) in [5.74, 6) is 1.92. The first-order valence-electron chi connectivity index (χ1n) is 7.73. The van der Waals surface area contributed by atoms with Gasteiger partial charge < -0.3 is 4.74 Å². The molecule has 4 atom stereocenters. The highest BCUT2D eigenvalue weighted by atomic mass is 16.5. The molecule has 1 saturated heterocycles. The molecule has 2 bridgehead atoms. The van der Waals surface area contributed by atoms with Crippen molar-refractivity contribution >= 4 is 0 Å². The molecule has 0 unspecified atom stereocenters. The lowest BCUT2D eigenvalue weighted by Gasteiger charge is -2.57. The highest BCUT2D eigenvalue weighted by molar-refractivity contribution is 5.17. The molecule has 0 aromatic heterocycles. The van der Waals surface area contributed by atoms with E-state index in [-0.39, 0.29) is 0 Å². The van der Waals surface area contributed by atoms with Crippen molar-refractivity contribution in [2.45, 2.75) is 70.8 Å². The lowest BCUT2D eigenvalue weighted by molar-refractivity contribution is -0.117. The summed E-state index contributed by atoms with van der Waals surface area (Å²) in [5, 5.41) is 0. The van der Waals surface area contributed by atoms with Crippen molar-refractivity contribution in [1.29, 1.82) is 0 Å². The summed E-state index contributed by atoms with van der Waals surface area (Å²) < 4.78 is 6.25. The third-order valence-corrected chi connectivity index (χ3v) is 7.10. The van der Waals surface area contributed by atoms with Crippen molar-refractivity contribution in [2.75, 3.05) is 6.61 Å². The fourth-order valence-electron chi connectivity index (χ4n) is 6.57. The number of ether oxygens (including phenoxy) is 1. The van der Waals surface area contributed by atoms with Crippen molar-refractivity contribution in [3.8, 4) is 0 Å². The summed E-state index contributed by atoms with van der Waals surface area (Å²) in [7, 11) is 0. The second kappa shape index (κ2) is 3.10. The number of hydrogen-bond acceptors (Lipinski definition) is 1. The molecular weight excluding hydrogens is 208 g/mol. The Labute approximate surface area is 105 Å². The Morgan fingerprint density at radius 2 is 1.76 bits per heavy atom. The standard InChI is InChI=1S/C16H26O/c1-14(2)6-3-7-15-9-10-16(8-4-12(14)15)13(15)5-11-17-16/h12-13H,3-11H2,1-2H3/t12-,13-,15-,16+/m0/s1. The van der Waals surface area contributed by atoms with E-state index in [1.807, 2.05) is 0 Å². The van der Waals surface area contributed by atoms with Gasteiger partial charge in [-0.05, 0) is 67.6 Å². The zero-order valence-corrected chi connectivity index (χ0v) is 11.4. The Balaban J connectivity index is 1.79. The Morgan fingerprint density at radius 3 is 2.65 bits per heavy atom. The normalized spacial score (nSPS) is 55.4. The van der Waals surface area contributed by atoms with Crippen molar-refractivity contribution in [3.05, 3.63) is 0 Å². The summed E-state index contributed by atoms with van der Waals surface area (Å²) >= 11 is 0. The summed E-state index contributed by atoms with van der Waals surface area (Å²) in [6.45, 7) is 6.14. The molecule has 1 nitrogen and oxygen atoms in total. The number of rotatable bonds is 0. The van der Waals surface area contributed by atoms with Gasteiger partial charge in [0.05, 0.1) is 5.60 Å². The SMILES string of the molecule is CC1(C)CCC[C@]23CC[C@@]4(CC[C@@H]12)OCC[C@H]43. The largest absolute Gasteiger partial charge is 0.375 e. The van der Waals surface area contributed by atoms with Crippen LogP contribution in [-0.4, -0.2) is 12.2 Å². The Hall–Kier alpha value is -0.0400. The molecule has 1 heterocycles. The van der Waals surface area contributed by atoms with E-state index in [1.165, 1.54) is 51.4 Å². The molecule has 0 aromatic rings. The van der Waals surface area contributed by atoms with Gasteiger partial charge in [0, 0.05) is 6.61 Å². The zero-order valence-electron chi connectivity index (χ0n) is 11.4. The van der Waals surface area contributed by atoms with Crippen LogP contribution in [0.1, 0.15) is 65.2 Å². The Bertz CT molecular complexity index is 347. The van der Waals surface area contributed by atoms with Gasteiger partial charge in [-0.1, -0.05) is 20.3 Å². The average Bonchev–Trinajstić information content (AvgIpc) is 2.75. The molecule has 4 aliphatic rings. The van der Waals surface area contributed by atoms with Gasteiger partial charge in [-0.2, -0.15) is 0 Å². The molecule has 1 aliphatic heterocycles. The van der Waals surface area contributed by atoms with E-state index in [1.54, 1.807) is 0 Å². The van der Waals surface area contributed by atoms with Crippen LogP contribution in [-0.2, 0) is 4.74 Å². The summed E-state index contributed by atoms with van der Waals surface area (Å²) in [6, 6.07) is 0. The second-order valence-electron chi connectivity index (χ2n) is 7.92. The van der Waals surface area contributed by atoms with Gasteiger partial charge in [-0.15, -0.1) is 0 Å². The van der Waals surface area contributed by atoms with E-state index >= 15 is 0 Å². The smallest absolute Gasteiger partial charge is 0.0717 e. The van der Waals surface area contributed by atoms with Gasteiger partial charge >= 0.3 is 0 Å². The monoisotopic (exact) mass is 234 g/mol. The van der Waals surface area contributed by atoms with Gasteiger partial charge in [0.1, 0.15) is 0 Å². The maximum Gasteiger partial charge on any atom is 0.0717 e. The van der Waals surface area contributed by atoms with Crippen LogP contribution < -0.4 is 0 Å². The summed E-state index contributed by atoms with van der Waals surface area (Å²) in [5.41, 5.74) is 1.64. The van der Waals surface area contributed by atoms with Crippen LogP contribution in [0.3, 0.4) is 0 Å². The van der Waals surface area contributed by atoms with Crippen LogP contribution >= 0.6 is 0 Å². The Morgan fingerprint density at radius 1 is 0.882 bits per heavy atom. The van der Waals surface area contributed by atoms with E-state index in [4.69, 9.17) is 4.74 Å². The maximum absolute atomic E-state index is 6.25. The highest BCUT2D eigenvalue weighted by Crippen LogP contribution is 2.71. The van der Waals surface area contributed by atoms with Crippen molar-refractivity contribution in [2.24, 2.45) is 22.7 Å². The third kappa shape index (κ3) is 1.15. The van der Waals surface area contributed by atoms with Crippen LogP contribution in [0.25, 0.3) is 0 Å². The zero-order chi connectivity index (χ0) is 11.7. The second-order valence-corrected chi connectivity index (χ2v) is 7.92. The summed E-state index contributed by atoms with van der Waals surface area (Å²) in [4.78, 5) is 0. The number of hydrogen-bond donors (Lipinski definition) is 0. The van der Waals surface area contributed by atoms with Crippen molar-refractivity contribution < 1.29 is 4.74 Å². The van der Waals surface area contributed by atoms with Gasteiger partial charge in [-0.25, -0.2) is 0 Å². The first kappa shape index (κ1) is 10.8. The molecule has 4 rings (SSSR count). The van der Waals surface area contributed by atoms with Crippen molar-refractivity contribution in [3.63, 3.8) is 0 Å². The van der Waals surface area contributed by atoms with Gasteiger partial charge in [0.15, 0.2) is 0 Å². The molecule has 0 aromatic carbocycles. The van der Waals surface area contributed by atoms with Gasteiger partial charge in [-0.3, -0.25) is 0 Å². The quantitative estimate of drug-likeness (QED) is 0.611. The molecule has 1 spiro atoms. The van der Waals surface area contributed by atoms with Crippen LogP contribution in [0, 0.1) is 22.7 Å². The molecule has 0 amide bonds. The molecule has 1 heteroatoms. The predicted molar refractivity (Wildman–Crippen MR) is 68.8 cm³/mol. The minimum atomic E-state index is 0.351. The highest BCUT2D eigenvalue weighted by Gasteiger charge is 2.67. The molecule has 4 fully saturated rings. The maximum atomic E-state index is 6.25. The minimum Gasteiger partial charge on any atom is -0.375 e. The van der Waals surface area contributed by atoms with Gasteiger partial charge in [0.25, 0.3) is 0 Å². The lowest BCUT2D eigenvalue weighted by atomic mass is 9.48. The first-order chi connectivity index (χ1) is 8.09. The van der Waals surface area contributed by atoms with Gasteiger partial charge in [0.2, 0.25) is 0 Å². The van der Waals surface area contributed by atoms with E-state index < -0.39 is 0 Å². The molecule has 17 heavy (non-hydrogen) atoms. The van der Waals surface area contributed by atoms with Crippen LogP contribution in [0.15, 0.2) is 0 Å². The minimum absolute atomic E-state index is 0.351. The van der Waals surface area contributed by atoms with E-state index in [0.29, 0.717) is 16.4 Å². The first-order valence-corrected chi connectivity index (χ1v) is 7.73. The average molecular weight is 234 g/mol. The van der Waals surface area contributed by atoms with Crippen LogP contribution in [0.2, 0.25) is 0 Å². The summed E-state index contributed by atoms with van der Waals surface area (Å²) in [6.07, 6.45) is 11.5. The molecule has 0 N–H and O–H groups in total. The van der Waals surface area contributed by atoms with E-state index in [9.17, 15) is 0 Å². The van der Waals surface area contributed by atoms with Crippen LogP contribution in [0.4, 0.5) is 0 Å². The fourth-order valence-corrected chi connectivity index (χ4v) is 6.57. The topological polar surface area (TPSA) is 9.23 Å². The van der Waals surface area contributed by atoms with E-state index in [0.717, 1.165) is 18.4 Å². The third-order valence-electron chi connectivity index (χ3n) is 7.10. The van der Waals surface area contributed by atoms with Crippen LogP contribution in [0.5, 0.6) is 0 Å². The molecule has 0 radical (unpaired) electrons. The predicted octanol–water partition coefficient (Wildman–Crippen LogP) is 4.16. The Kier molecular flexibility index (Phi) is 1.98. The van der Waals surface area contributed by atoms with E-state index in [2.05, 4.69) is 13.8 Å². The molecule has 3 saturated carbocycles. The molecule has 96 valence electrons.